The first-order valence-corrected chi connectivity index (χ1v) is 6.04. The Labute approximate surface area is 111 Å². The molecule has 0 aromatic heterocycles. The molecule has 0 spiro atoms. The van der Waals surface area contributed by atoms with Crippen LogP contribution in [0.1, 0.15) is 22.8 Å². The van der Waals surface area contributed by atoms with Crippen LogP contribution in [0.4, 0.5) is 4.79 Å². The number of aromatic carboxylic acids is 1. The van der Waals surface area contributed by atoms with E-state index < -0.39 is 5.97 Å². The van der Waals surface area contributed by atoms with Crippen molar-refractivity contribution >= 4 is 12.0 Å². The fourth-order valence-corrected chi connectivity index (χ4v) is 1.58. The Morgan fingerprint density at radius 1 is 1.26 bits per heavy atom. The lowest BCUT2D eigenvalue weighted by Crippen LogP contribution is -2.41. The van der Waals surface area contributed by atoms with E-state index in [-0.39, 0.29) is 18.2 Å². The van der Waals surface area contributed by atoms with Gasteiger partial charge in [0.15, 0.2) is 0 Å². The van der Waals surface area contributed by atoms with Gasteiger partial charge in [-0.15, -0.1) is 0 Å². The van der Waals surface area contributed by atoms with Crippen molar-refractivity contribution in [3.8, 4) is 0 Å². The van der Waals surface area contributed by atoms with Crippen LogP contribution in [0.2, 0.25) is 0 Å². The number of nitrogens with one attached hydrogen (secondary N) is 1. The molecule has 0 aliphatic rings. The molecule has 1 rings (SSSR count). The molecule has 0 saturated carbocycles. The highest BCUT2D eigenvalue weighted by Gasteiger charge is 2.10. The van der Waals surface area contributed by atoms with Gasteiger partial charge in [0.2, 0.25) is 0 Å². The smallest absolute Gasteiger partial charge is 0.335 e. The van der Waals surface area contributed by atoms with E-state index >= 15 is 0 Å². The molecule has 6 nitrogen and oxygen atoms in total. The normalized spacial score (nSPS) is 10.0. The predicted molar refractivity (Wildman–Crippen MR) is 70.0 cm³/mol. The maximum atomic E-state index is 11.7. The van der Waals surface area contributed by atoms with E-state index in [4.69, 9.17) is 10.2 Å². The van der Waals surface area contributed by atoms with Gasteiger partial charge < -0.3 is 20.4 Å². The van der Waals surface area contributed by atoms with E-state index in [1.807, 2.05) is 6.92 Å². The molecule has 0 unspecified atom stereocenters. The van der Waals surface area contributed by atoms with Crippen LogP contribution in [0.3, 0.4) is 0 Å². The van der Waals surface area contributed by atoms with Crippen LogP contribution in [-0.2, 0) is 6.54 Å². The number of aliphatic hydroxyl groups excluding tert-OH is 1. The van der Waals surface area contributed by atoms with Gasteiger partial charge in [0, 0.05) is 19.6 Å². The van der Waals surface area contributed by atoms with E-state index in [1.54, 1.807) is 12.1 Å². The van der Waals surface area contributed by atoms with E-state index in [9.17, 15) is 9.59 Å². The van der Waals surface area contributed by atoms with Gasteiger partial charge in [-0.3, -0.25) is 0 Å². The fraction of sp³-hybridized carbons (Fsp3) is 0.385. The largest absolute Gasteiger partial charge is 0.478 e. The molecule has 6 heteroatoms. The molecule has 104 valence electrons. The monoisotopic (exact) mass is 266 g/mol. The maximum absolute atomic E-state index is 11.7. The summed E-state index contributed by atoms with van der Waals surface area (Å²) in [5, 5.41) is 20.3. The zero-order valence-electron chi connectivity index (χ0n) is 10.8. The van der Waals surface area contributed by atoms with Crippen molar-refractivity contribution in [3.63, 3.8) is 0 Å². The molecular weight excluding hydrogens is 248 g/mol. The van der Waals surface area contributed by atoms with Gasteiger partial charge in [0.25, 0.3) is 0 Å². The van der Waals surface area contributed by atoms with Crippen molar-refractivity contribution < 1.29 is 19.8 Å². The minimum absolute atomic E-state index is 0.0748. The molecule has 19 heavy (non-hydrogen) atoms. The number of rotatable bonds is 6. The number of carbonyl (C=O) groups excluding carboxylic acids is 1. The number of likely N-dealkylation sites (N-methyl/N-ethyl adjacent to an activating group) is 1. The van der Waals surface area contributed by atoms with Gasteiger partial charge in [-0.05, 0) is 24.6 Å². The molecule has 1 aromatic rings. The summed E-state index contributed by atoms with van der Waals surface area (Å²) >= 11 is 0. The lowest BCUT2D eigenvalue weighted by molar-refractivity contribution is 0.0697. The summed E-state index contributed by atoms with van der Waals surface area (Å²) in [5.41, 5.74) is 1.03. The first-order chi connectivity index (χ1) is 9.08. The summed E-state index contributed by atoms with van der Waals surface area (Å²) in [5.74, 6) is -0.976. The van der Waals surface area contributed by atoms with Crippen molar-refractivity contribution in [2.75, 3.05) is 19.7 Å². The van der Waals surface area contributed by atoms with Crippen molar-refractivity contribution in [1.82, 2.24) is 10.2 Å². The van der Waals surface area contributed by atoms with Crippen LogP contribution < -0.4 is 5.32 Å². The Morgan fingerprint density at radius 3 is 2.37 bits per heavy atom. The second kappa shape index (κ2) is 7.38. The molecule has 0 aliphatic heterocycles. The van der Waals surface area contributed by atoms with Gasteiger partial charge in [0.1, 0.15) is 0 Å². The fourth-order valence-electron chi connectivity index (χ4n) is 1.58. The highest BCUT2D eigenvalue weighted by atomic mass is 16.4. The second-order valence-corrected chi connectivity index (χ2v) is 3.96. The topological polar surface area (TPSA) is 89.9 Å². The summed E-state index contributed by atoms with van der Waals surface area (Å²) in [4.78, 5) is 23.9. The number of carboxylic acids is 1. The lowest BCUT2D eigenvalue weighted by Gasteiger charge is -2.20. The summed E-state index contributed by atoms with van der Waals surface area (Å²) in [6.45, 7) is 2.89. The standard InChI is InChI=1S/C13H18N2O4/c1-2-15(7-8-16)13(19)14-9-10-3-5-11(6-4-10)12(17)18/h3-6,16H,2,7-9H2,1H3,(H,14,19)(H,17,18). The molecule has 0 saturated heterocycles. The number of aliphatic hydroxyl groups is 1. The molecule has 0 aliphatic carbocycles. The number of benzene rings is 1. The lowest BCUT2D eigenvalue weighted by atomic mass is 10.1. The number of urea groups is 1. The summed E-state index contributed by atoms with van der Waals surface area (Å²) < 4.78 is 0. The molecule has 0 heterocycles. The van der Waals surface area contributed by atoms with E-state index in [1.165, 1.54) is 17.0 Å². The molecular formula is C13H18N2O4. The minimum atomic E-state index is -0.976. The number of nitrogens with zero attached hydrogens (tertiary/aromatic N) is 1. The molecule has 0 atom stereocenters. The van der Waals surface area contributed by atoms with Crippen LogP contribution in [0.5, 0.6) is 0 Å². The zero-order chi connectivity index (χ0) is 14.3. The Bertz CT molecular complexity index is 431. The number of hydrogen-bond donors (Lipinski definition) is 3. The minimum Gasteiger partial charge on any atom is -0.478 e. The molecule has 0 radical (unpaired) electrons. The van der Waals surface area contributed by atoms with Crippen molar-refractivity contribution in [2.45, 2.75) is 13.5 Å². The van der Waals surface area contributed by atoms with Crippen LogP contribution in [0.25, 0.3) is 0 Å². The number of hydrogen-bond acceptors (Lipinski definition) is 3. The number of amides is 2. The third-order valence-electron chi connectivity index (χ3n) is 2.68. The van der Waals surface area contributed by atoms with E-state index in [0.717, 1.165) is 5.56 Å². The highest BCUT2D eigenvalue weighted by molar-refractivity contribution is 5.87. The van der Waals surface area contributed by atoms with Crippen molar-refractivity contribution in [3.05, 3.63) is 35.4 Å². The van der Waals surface area contributed by atoms with Gasteiger partial charge in [-0.1, -0.05) is 12.1 Å². The summed E-state index contributed by atoms with van der Waals surface area (Å²) in [6.07, 6.45) is 0. The highest BCUT2D eigenvalue weighted by Crippen LogP contribution is 2.04. The molecule has 0 bridgehead atoms. The number of carboxylic acid groups (broad SMARTS) is 1. The van der Waals surface area contributed by atoms with E-state index in [2.05, 4.69) is 5.32 Å². The Morgan fingerprint density at radius 2 is 1.89 bits per heavy atom. The average Bonchev–Trinajstić information content (AvgIpc) is 2.42. The Kier molecular flexibility index (Phi) is 5.81. The van der Waals surface area contributed by atoms with Gasteiger partial charge in [0.05, 0.1) is 12.2 Å². The van der Waals surface area contributed by atoms with Crippen LogP contribution in [-0.4, -0.2) is 46.8 Å². The zero-order valence-corrected chi connectivity index (χ0v) is 10.8. The van der Waals surface area contributed by atoms with Crippen LogP contribution >= 0.6 is 0 Å². The van der Waals surface area contributed by atoms with E-state index in [0.29, 0.717) is 19.6 Å². The predicted octanol–water partition coefficient (Wildman–Crippen LogP) is 0.909. The number of carbonyl (C=O) groups is 2. The Balaban J connectivity index is 2.52. The first kappa shape index (κ1) is 15.0. The van der Waals surface area contributed by atoms with Crippen LogP contribution in [0, 0.1) is 0 Å². The summed E-state index contributed by atoms with van der Waals surface area (Å²) in [7, 11) is 0. The van der Waals surface area contributed by atoms with Gasteiger partial charge >= 0.3 is 12.0 Å². The molecule has 0 fully saturated rings. The van der Waals surface area contributed by atoms with Crippen molar-refractivity contribution in [1.29, 1.82) is 0 Å². The average molecular weight is 266 g/mol. The van der Waals surface area contributed by atoms with Crippen molar-refractivity contribution in [2.24, 2.45) is 0 Å². The third-order valence-corrected chi connectivity index (χ3v) is 2.68. The maximum Gasteiger partial charge on any atom is 0.335 e. The van der Waals surface area contributed by atoms with Gasteiger partial charge in [-0.2, -0.15) is 0 Å². The molecule has 2 amide bonds. The third kappa shape index (κ3) is 4.59. The SMILES string of the molecule is CCN(CCO)C(=O)NCc1ccc(C(=O)O)cc1. The first-order valence-electron chi connectivity index (χ1n) is 6.04. The molecule has 3 N–H and O–H groups in total. The van der Waals surface area contributed by atoms with Crippen LogP contribution in [0.15, 0.2) is 24.3 Å². The second-order valence-electron chi connectivity index (χ2n) is 3.96. The van der Waals surface area contributed by atoms with Gasteiger partial charge in [-0.25, -0.2) is 9.59 Å². The quantitative estimate of drug-likeness (QED) is 0.714. The summed E-state index contributed by atoms with van der Waals surface area (Å²) in [6, 6.07) is 6.06. The Hall–Kier alpha value is -2.08. The molecule has 1 aromatic carbocycles.